The Labute approximate surface area is 195 Å². The first-order valence-corrected chi connectivity index (χ1v) is 11.2. The van der Waals surface area contributed by atoms with Crippen LogP contribution in [0.4, 0.5) is 0 Å². The lowest BCUT2D eigenvalue weighted by molar-refractivity contribution is 0.306. The molecule has 1 heterocycles. The maximum Gasteiger partial charge on any atom is 0.282 e. The second-order valence-corrected chi connectivity index (χ2v) is 8.91. The van der Waals surface area contributed by atoms with Gasteiger partial charge in [0.15, 0.2) is 0 Å². The predicted molar refractivity (Wildman–Crippen MR) is 133 cm³/mol. The van der Waals surface area contributed by atoms with Crippen molar-refractivity contribution in [1.82, 2.24) is 9.66 Å². The Balaban J connectivity index is 1.63. The molecular weight excluding hydrogens is 466 g/mol. The zero-order chi connectivity index (χ0) is 22.7. The normalized spacial score (nSPS) is 11.5. The van der Waals surface area contributed by atoms with E-state index in [1.54, 1.807) is 12.3 Å². The molecule has 0 N–H and O–H groups in total. The Bertz CT molecular complexity index is 1360. The van der Waals surface area contributed by atoms with Crippen LogP contribution >= 0.6 is 15.9 Å². The summed E-state index contributed by atoms with van der Waals surface area (Å²) in [5.74, 6) is 1.40. The van der Waals surface area contributed by atoms with Gasteiger partial charge in [-0.1, -0.05) is 71.7 Å². The minimum Gasteiger partial charge on any atom is -0.489 e. The molecule has 4 aromatic rings. The lowest BCUT2D eigenvalue weighted by Gasteiger charge is -2.12. The molecule has 4 rings (SSSR count). The molecule has 0 saturated carbocycles. The molecule has 0 spiro atoms. The molecule has 0 amide bonds. The van der Waals surface area contributed by atoms with Gasteiger partial charge in [0.1, 0.15) is 18.2 Å². The molecule has 0 aliphatic heterocycles. The summed E-state index contributed by atoms with van der Waals surface area (Å²) in [7, 11) is 0. The lowest BCUT2D eigenvalue weighted by atomic mass is 10.1. The Hall–Kier alpha value is -3.25. The van der Waals surface area contributed by atoms with Gasteiger partial charge in [0.05, 0.1) is 17.1 Å². The predicted octanol–water partition coefficient (Wildman–Crippen LogP) is 6.05. The fraction of sp³-hybridized carbons (Fsp3) is 0.192. The van der Waals surface area contributed by atoms with Crippen molar-refractivity contribution in [1.29, 1.82) is 0 Å². The van der Waals surface area contributed by atoms with Crippen LogP contribution in [-0.2, 0) is 6.61 Å². The summed E-state index contributed by atoms with van der Waals surface area (Å²) in [5, 5.41) is 5.02. The van der Waals surface area contributed by atoms with Crippen LogP contribution in [-0.4, -0.2) is 15.9 Å². The van der Waals surface area contributed by atoms with Crippen molar-refractivity contribution in [3.63, 3.8) is 0 Å². The van der Waals surface area contributed by atoms with Gasteiger partial charge in [0.2, 0.25) is 0 Å². The van der Waals surface area contributed by atoms with E-state index in [9.17, 15) is 4.79 Å². The molecule has 5 nitrogen and oxygen atoms in total. The molecule has 32 heavy (non-hydrogen) atoms. The number of nitrogens with zero attached hydrogens (tertiary/aromatic N) is 3. The first kappa shape index (κ1) is 22.0. The number of ether oxygens (including phenoxy) is 1. The van der Waals surface area contributed by atoms with Crippen molar-refractivity contribution in [3.8, 4) is 5.75 Å². The standard InChI is InChI=1S/C26H24BrN3O2/c1-17(2)25-29-24-11-10-21(27)14-23(24)26(31)30(25)28-15-19-7-5-9-22(13-19)32-16-20-8-4-6-18(3)12-20/h4-15,17H,16H2,1-3H3. The third kappa shape index (κ3) is 4.97. The van der Waals surface area contributed by atoms with E-state index in [2.05, 4.69) is 45.1 Å². The highest BCUT2D eigenvalue weighted by atomic mass is 79.9. The smallest absolute Gasteiger partial charge is 0.282 e. The van der Waals surface area contributed by atoms with E-state index in [-0.39, 0.29) is 11.5 Å². The van der Waals surface area contributed by atoms with Crippen molar-refractivity contribution < 1.29 is 4.74 Å². The van der Waals surface area contributed by atoms with Crippen LogP contribution in [0, 0.1) is 6.92 Å². The van der Waals surface area contributed by atoms with E-state index in [0.717, 1.165) is 21.3 Å². The minimum absolute atomic E-state index is 0.0388. The lowest BCUT2D eigenvalue weighted by Crippen LogP contribution is -2.23. The van der Waals surface area contributed by atoms with Gasteiger partial charge in [-0.3, -0.25) is 4.79 Å². The molecule has 6 heteroatoms. The molecule has 0 atom stereocenters. The molecule has 1 aromatic heterocycles. The summed E-state index contributed by atoms with van der Waals surface area (Å²) < 4.78 is 8.17. The summed E-state index contributed by atoms with van der Waals surface area (Å²) in [5.41, 5.74) is 3.63. The van der Waals surface area contributed by atoms with Gasteiger partial charge in [-0.15, -0.1) is 0 Å². The SMILES string of the molecule is Cc1cccc(COc2cccc(C=Nn3c(C(C)C)nc4ccc(Br)cc4c3=O)c2)c1. The topological polar surface area (TPSA) is 56.5 Å². The molecule has 0 radical (unpaired) electrons. The number of fused-ring (bicyclic) bond motifs is 1. The number of benzene rings is 3. The summed E-state index contributed by atoms with van der Waals surface area (Å²) in [6.45, 7) is 6.55. The molecular formula is C26H24BrN3O2. The summed E-state index contributed by atoms with van der Waals surface area (Å²) in [4.78, 5) is 17.8. The quantitative estimate of drug-likeness (QED) is 0.309. The van der Waals surface area contributed by atoms with Crippen molar-refractivity contribution in [2.45, 2.75) is 33.3 Å². The molecule has 0 unspecified atom stereocenters. The molecule has 0 fully saturated rings. The maximum absolute atomic E-state index is 13.1. The van der Waals surface area contributed by atoms with Crippen LogP contribution in [0.2, 0.25) is 0 Å². The molecule has 162 valence electrons. The highest BCUT2D eigenvalue weighted by Crippen LogP contribution is 2.19. The fourth-order valence-corrected chi connectivity index (χ4v) is 3.79. The summed E-state index contributed by atoms with van der Waals surface area (Å²) >= 11 is 3.43. The molecule has 3 aromatic carbocycles. The second-order valence-electron chi connectivity index (χ2n) is 8.00. The third-order valence-electron chi connectivity index (χ3n) is 5.02. The number of hydrogen-bond donors (Lipinski definition) is 0. The van der Waals surface area contributed by atoms with Crippen molar-refractivity contribution in [3.05, 3.63) is 104 Å². The van der Waals surface area contributed by atoms with E-state index >= 15 is 0 Å². The van der Waals surface area contributed by atoms with Crippen molar-refractivity contribution in [2.75, 3.05) is 0 Å². The van der Waals surface area contributed by atoms with Crippen LogP contribution < -0.4 is 10.3 Å². The van der Waals surface area contributed by atoms with Gasteiger partial charge in [0, 0.05) is 10.4 Å². The summed E-state index contributed by atoms with van der Waals surface area (Å²) in [6.07, 6.45) is 1.66. The monoisotopic (exact) mass is 489 g/mol. The Morgan fingerprint density at radius 1 is 1.09 bits per heavy atom. The van der Waals surface area contributed by atoms with Gasteiger partial charge >= 0.3 is 0 Å². The molecule has 0 aliphatic carbocycles. The highest BCUT2D eigenvalue weighted by molar-refractivity contribution is 9.10. The number of rotatable bonds is 6. The van der Waals surface area contributed by atoms with Crippen LogP contribution in [0.5, 0.6) is 5.75 Å². The average molecular weight is 490 g/mol. The average Bonchev–Trinajstić information content (AvgIpc) is 2.77. The van der Waals surface area contributed by atoms with Gasteiger partial charge in [-0.2, -0.15) is 9.78 Å². The van der Waals surface area contributed by atoms with Crippen molar-refractivity contribution >= 4 is 33.0 Å². The first-order valence-electron chi connectivity index (χ1n) is 10.5. The largest absolute Gasteiger partial charge is 0.489 e. The zero-order valence-electron chi connectivity index (χ0n) is 18.2. The highest BCUT2D eigenvalue weighted by Gasteiger charge is 2.13. The Kier molecular flexibility index (Phi) is 6.51. The fourth-order valence-electron chi connectivity index (χ4n) is 3.43. The van der Waals surface area contributed by atoms with E-state index < -0.39 is 0 Å². The molecule has 0 aliphatic rings. The van der Waals surface area contributed by atoms with Crippen molar-refractivity contribution in [2.24, 2.45) is 5.10 Å². The molecule has 0 bridgehead atoms. The number of halogens is 1. The minimum atomic E-state index is -0.192. The van der Waals surface area contributed by atoms with E-state index in [0.29, 0.717) is 23.3 Å². The Morgan fingerprint density at radius 2 is 1.91 bits per heavy atom. The van der Waals surface area contributed by atoms with Crippen LogP contribution in [0.15, 0.2) is 81.1 Å². The van der Waals surface area contributed by atoms with Crippen LogP contribution in [0.1, 0.15) is 42.3 Å². The summed E-state index contributed by atoms with van der Waals surface area (Å²) in [6, 6.07) is 21.4. The maximum atomic E-state index is 13.1. The van der Waals surface area contributed by atoms with Crippen LogP contribution in [0.25, 0.3) is 10.9 Å². The van der Waals surface area contributed by atoms with Gasteiger partial charge in [0.25, 0.3) is 5.56 Å². The van der Waals surface area contributed by atoms with Gasteiger partial charge in [-0.25, -0.2) is 4.98 Å². The number of aromatic nitrogens is 2. The Morgan fingerprint density at radius 3 is 2.69 bits per heavy atom. The zero-order valence-corrected chi connectivity index (χ0v) is 19.8. The van der Waals surface area contributed by atoms with E-state index in [1.807, 2.05) is 62.4 Å². The number of hydrogen-bond acceptors (Lipinski definition) is 4. The second kappa shape index (κ2) is 9.49. The first-order chi connectivity index (χ1) is 15.4. The number of aryl methyl sites for hydroxylation is 1. The third-order valence-corrected chi connectivity index (χ3v) is 5.51. The van der Waals surface area contributed by atoms with E-state index in [4.69, 9.17) is 4.74 Å². The van der Waals surface area contributed by atoms with E-state index in [1.165, 1.54) is 10.2 Å². The van der Waals surface area contributed by atoms with Gasteiger partial charge < -0.3 is 4.74 Å². The van der Waals surface area contributed by atoms with Gasteiger partial charge in [-0.05, 0) is 48.4 Å². The molecule has 0 saturated heterocycles. The van der Waals surface area contributed by atoms with Crippen LogP contribution in [0.3, 0.4) is 0 Å².